The Balaban J connectivity index is 2.73. The standard InChI is InChI=1S/C12H20N4O5/c1-4-15(3)10(18)7(2)14-12(21)16-6-9(17)13-5-8(16)11(19)20/h7-8H,4-6H2,1-3H3,(H,13,17)(H,14,21)(H,19,20). The molecule has 2 unspecified atom stereocenters. The van der Waals surface area contributed by atoms with Crippen LogP contribution in [0, 0.1) is 0 Å². The fourth-order valence-corrected chi connectivity index (χ4v) is 1.89. The summed E-state index contributed by atoms with van der Waals surface area (Å²) >= 11 is 0. The average molecular weight is 300 g/mol. The summed E-state index contributed by atoms with van der Waals surface area (Å²) in [6, 6.07) is -2.70. The number of nitrogens with one attached hydrogen (secondary N) is 2. The number of carboxylic acid groups (broad SMARTS) is 1. The summed E-state index contributed by atoms with van der Waals surface area (Å²) in [5, 5.41) is 13.9. The molecule has 0 aromatic carbocycles. The number of likely N-dealkylation sites (N-methyl/N-ethyl adjacent to an activating group) is 1. The van der Waals surface area contributed by atoms with E-state index in [1.54, 1.807) is 14.0 Å². The van der Waals surface area contributed by atoms with E-state index in [9.17, 15) is 19.2 Å². The number of carboxylic acids is 1. The highest BCUT2D eigenvalue weighted by molar-refractivity contribution is 5.92. The third-order valence-corrected chi connectivity index (χ3v) is 3.29. The zero-order valence-electron chi connectivity index (χ0n) is 12.3. The van der Waals surface area contributed by atoms with E-state index in [1.165, 1.54) is 11.8 Å². The minimum Gasteiger partial charge on any atom is -0.480 e. The topological polar surface area (TPSA) is 119 Å². The van der Waals surface area contributed by atoms with Crippen LogP contribution in [0.5, 0.6) is 0 Å². The van der Waals surface area contributed by atoms with Crippen molar-refractivity contribution in [2.24, 2.45) is 0 Å². The first-order valence-corrected chi connectivity index (χ1v) is 6.59. The SMILES string of the molecule is CCN(C)C(=O)C(C)NC(=O)N1CC(=O)NCC1C(=O)O. The normalized spacial score (nSPS) is 19.5. The average Bonchev–Trinajstić information content (AvgIpc) is 2.44. The lowest BCUT2D eigenvalue weighted by Gasteiger charge is -2.33. The van der Waals surface area contributed by atoms with Crippen molar-refractivity contribution in [1.29, 1.82) is 0 Å². The molecule has 0 bridgehead atoms. The van der Waals surface area contributed by atoms with Crippen LogP contribution in [0.3, 0.4) is 0 Å². The minimum atomic E-state index is -1.21. The molecule has 21 heavy (non-hydrogen) atoms. The van der Waals surface area contributed by atoms with Gasteiger partial charge in [0.1, 0.15) is 18.6 Å². The van der Waals surface area contributed by atoms with Crippen molar-refractivity contribution in [3.05, 3.63) is 0 Å². The number of rotatable bonds is 4. The minimum absolute atomic E-state index is 0.154. The van der Waals surface area contributed by atoms with Gasteiger partial charge in [0.25, 0.3) is 0 Å². The number of carbonyl (C=O) groups is 4. The molecule has 0 aromatic rings. The highest BCUT2D eigenvalue weighted by atomic mass is 16.4. The van der Waals surface area contributed by atoms with Crippen LogP contribution in [0.25, 0.3) is 0 Å². The van der Waals surface area contributed by atoms with Gasteiger partial charge < -0.3 is 20.6 Å². The highest BCUT2D eigenvalue weighted by Crippen LogP contribution is 2.06. The first-order valence-electron chi connectivity index (χ1n) is 6.59. The lowest BCUT2D eigenvalue weighted by molar-refractivity contribution is -0.144. The second-order valence-corrected chi connectivity index (χ2v) is 4.81. The van der Waals surface area contributed by atoms with Gasteiger partial charge in [-0.2, -0.15) is 0 Å². The smallest absolute Gasteiger partial charge is 0.328 e. The molecule has 0 spiro atoms. The Kier molecular flexibility index (Phi) is 5.51. The highest BCUT2D eigenvalue weighted by Gasteiger charge is 2.36. The molecule has 9 heteroatoms. The number of hydrogen-bond donors (Lipinski definition) is 3. The van der Waals surface area contributed by atoms with Gasteiger partial charge in [0, 0.05) is 20.1 Å². The van der Waals surface area contributed by atoms with Crippen molar-refractivity contribution in [1.82, 2.24) is 20.4 Å². The van der Waals surface area contributed by atoms with Crippen molar-refractivity contribution in [3.63, 3.8) is 0 Å². The van der Waals surface area contributed by atoms with Crippen LogP contribution in [-0.4, -0.2) is 77.5 Å². The van der Waals surface area contributed by atoms with Gasteiger partial charge in [0.2, 0.25) is 11.8 Å². The number of amides is 4. The number of hydrogen-bond acceptors (Lipinski definition) is 4. The number of urea groups is 1. The van der Waals surface area contributed by atoms with Crippen LogP contribution in [0.15, 0.2) is 0 Å². The van der Waals surface area contributed by atoms with E-state index < -0.39 is 30.0 Å². The van der Waals surface area contributed by atoms with Crippen molar-refractivity contribution in [2.45, 2.75) is 25.9 Å². The Morgan fingerprint density at radius 1 is 1.52 bits per heavy atom. The first kappa shape index (κ1) is 16.7. The molecule has 1 rings (SSSR count). The van der Waals surface area contributed by atoms with Gasteiger partial charge >= 0.3 is 12.0 Å². The quantitative estimate of drug-likeness (QED) is 0.580. The molecule has 0 aliphatic carbocycles. The van der Waals surface area contributed by atoms with Gasteiger partial charge in [0.15, 0.2) is 0 Å². The summed E-state index contributed by atoms with van der Waals surface area (Å²) in [5.74, 6) is -1.94. The maximum Gasteiger partial charge on any atom is 0.328 e. The summed E-state index contributed by atoms with van der Waals surface area (Å²) in [6.07, 6.45) is 0. The second-order valence-electron chi connectivity index (χ2n) is 4.81. The molecule has 1 aliphatic heterocycles. The Bertz CT molecular complexity index is 453. The van der Waals surface area contributed by atoms with Gasteiger partial charge in [0.05, 0.1) is 0 Å². The Morgan fingerprint density at radius 2 is 2.14 bits per heavy atom. The molecule has 0 radical (unpaired) electrons. The first-order chi connectivity index (χ1) is 9.77. The van der Waals surface area contributed by atoms with Crippen molar-refractivity contribution < 1.29 is 24.3 Å². The summed E-state index contributed by atoms with van der Waals surface area (Å²) in [4.78, 5) is 48.7. The lowest BCUT2D eigenvalue weighted by Crippen LogP contribution is -2.62. The maximum atomic E-state index is 12.1. The van der Waals surface area contributed by atoms with Crippen LogP contribution in [-0.2, 0) is 14.4 Å². The zero-order valence-corrected chi connectivity index (χ0v) is 12.3. The Hall–Kier alpha value is -2.32. The molecule has 118 valence electrons. The second kappa shape index (κ2) is 6.91. The van der Waals surface area contributed by atoms with Gasteiger partial charge in [-0.1, -0.05) is 0 Å². The van der Waals surface area contributed by atoms with Crippen LogP contribution < -0.4 is 10.6 Å². The van der Waals surface area contributed by atoms with E-state index in [1.807, 2.05) is 0 Å². The number of piperazine rings is 1. The molecule has 9 nitrogen and oxygen atoms in total. The van der Waals surface area contributed by atoms with E-state index in [4.69, 9.17) is 5.11 Å². The van der Waals surface area contributed by atoms with Gasteiger partial charge in [-0.25, -0.2) is 9.59 Å². The predicted molar refractivity (Wildman–Crippen MR) is 72.4 cm³/mol. The lowest BCUT2D eigenvalue weighted by atomic mass is 10.2. The molecule has 1 heterocycles. The zero-order chi connectivity index (χ0) is 16.2. The Labute approximate surface area is 122 Å². The van der Waals surface area contributed by atoms with Crippen LogP contribution in [0.2, 0.25) is 0 Å². The van der Waals surface area contributed by atoms with E-state index in [0.29, 0.717) is 6.54 Å². The maximum absolute atomic E-state index is 12.1. The van der Waals surface area contributed by atoms with E-state index in [-0.39, 0.29) is 19.0 Å². The molecule has 0 saturated carbocycles. The fourth-order valence-electron chi connectivity index (χ4n) is 1.89. The van der Waals surface area contributed by atoms with E-state index in [2.05, 4.69) is 10.6 Å². The van der Waals surface area contributed by atoms with Gasteiger partial charge in [-0.05, 0) is 13.8 Å². The monoisotopic (exact) mass is 300 g/mol. The van der Waals surface area contributed by atoms with Crippen LogP contribution >= 0.6 is 0 Å². The van der Waals surface area contributed by atoms with Gasteiger partial charge in [-0.15, -0.1) is 0 Å². The summed E-state index contributed by atoms with van der Waals surface area (Å²) in [6.45, 7) is 3.28. The van der Waals surface area contributed by atoms with E-state index in [0.717, 1.165) is 4.90 Å². The molecular weight excluding hydrogens is 280 g/mol. The summed E-state index contributed by atoms with van der Waals surface area (Å²) in [7, 11) is 1.60. The fraction of sp³-hybridized carbons (Fsp3) is 0.667. The molecule has 1 aliphatic rings. The molecule has 4 amide bonds. The van der Waals surface area contributed by atoms with Crippen LogP contribution in [0.4, 0.5) is 4.79 Å². The molecule has 3 N–H and O–H groups in total. The molecular formula is C12H20N4O5. The number of aliphatic carboxylic acids is 1. The number of carbonyl (C=O) groups excluding carboxylic acids is 3. The molecule has 1 fully saturated rings. The summed E-state index contributed by atoms with van der Waals surface area (Å²) in [5.41, 5.74) is 0. The van der Waals surface area contributed by atoms with Crippen molar-refractivity contribution >= 4 is 23.8 Å². The van der Waals surface area contributed by atoms with Gasteiger partial charge in [-0.3, -0.25) is 14.5 Å². The predicted octanol–water partition coefficient (Wildman–Crippen LogP) is -1.55. The third-order valence-electron chi connectivity index (χ3n) is 3.29. The Morgan fingerprint density at radius 3 is 2.67 bits per heavy atom. The molecule has 1 saturated heterocycles. The largest absolute Gasteiger partial charge is 0.480 e. The number of nitrogens with zero attached hydrogens (tertiary/aromatic N) is 2. The third kappa shape index (κ3) is 4.07. The molecule has 0 aromatic heterocycles. The summed E-state index contributed by atoms with van der Waals surface area (Å²) < 4.78 is 0. The van der Waals surface area contributed by atoms with Crippen molar-refractivity contribution in [2.75, 3.05) is 26.7 Å². The van der Waals surface area contributed by atoms with Crippen LogP contribution in [0.1, 0.15) is 13.8 Å². The van der Waals surface area contributed by atoms with E-state index >= 15 is 0 Å². The molecule has 2 atom stereocenters. The van der Waals surface area contributed by atoms with Crippen molar-refractivity contribution in [3.8, 4) is 0 Å².